The fourth-order valence-corrected chi connectivity index (χ4v) is 4.79. The number of amides is 1. The van der Waals surface area contributed by atoms with Gasteiger partial charge in [-0.2, -0.15) is 0 Å². The lowest BCUT2D eigenvalue weighted by Crippen LogP contribution is -2.35. The van der Waals surface area contributed by atoms with E-state index in [1.54, 1.807) is 42.5 Å². The van der Waals surface area contributed by atoms with Gasteiger partial charge in [0, 0.05) is 12.7 Å². The molecule has 156 valence electrons. The van der Waals surface area contributed by atoms with E-state index in [9.17, 15) is 13.2 Å². The van der Waals surface area contributed by atoms with E-state index in [0.29, 0.717) is 17.9 Å². The number of carbonyl (C=O) groups excluding carboxylic acids is 1. The van der Waals surface area contributed by atoms with Crippen LogP contribution in [0.15, 0.2) is 59.5 Å². The van der Waals surface area contributed by atoms with Crippen molar-refractivity contribution in [1.82, 2.24) is 4.90 Å². The first-order valence-electron chi connectivity index (χ1n) is 10.1. The number of benzene rings is 2. The fraction of sp³-hybridized carbons (Fsp3) is 0.409. The van der Waals surface area contributed by atoms with Gasteiger partial charge in [-0.15, -0.1) is 0 Å². The van der Waals surface area contributed by atoms with E-state index in [4.69, 9.17) is 0 Å². The second-order valence-electron chi connectivity index (χ2n) is 7.43. The summed E-state index contributed by atoms with van der Waals surface area (Å²) in [7, 11) is -2.19. The minimum Gasteiger partial charge on any atom is -0.325 e. The molecule has 1 heterocycles. The third-order valence-corrected chi connectivity index (χ3v) is 6.99. The zero-order valence-electron chi connectivity index (χ0n) is 16.9. The lowest BCUT2D eigenvalue weighted by molar-refractivity contribution is -0.117. The van der Waals surface area contributed by atoms with E-state index < -0.39 is 10.0 Å². The Morgan fingerprint density at radius 3 is 2.31 bits per heavy atom. The zero-order valence-corrected chi connectivity index (χ0v) is 17.7. The lowest BCUT2D eigenvalue weighted by Gasteiger charge is -2.24. The number of likely N-dealkylation sites (tertiary alicyclic amines) is 1. The molecule has 0 radical (unpaired) electrons. The van der Waals surface area contributed by atoms with Gasteiger partial charge >= 0.3 is 0 Å². The van der Waals surface area contributed by atoms with Crippen molar-refractivity contribution in [3.63, 3.8) is 0 Å². The van der Waals surface area contributed by atoms with Gasteiger partial charge in [0.25, 0.3) is 10.0 Å². The molecule has 1 fully saturated rings. The highest BCUT2D eigenvalue weighted by Crippen LogP contribution is 2.23. The number of hydrogen-bond acceptors (Lipinski definition) is 4. The van der Waals surface area contributed by atoms with Crippen molar-refractivity contribution in [1.29, 1.82) is 0 Å². The highest BCUT2D eigenvalue weighted by Gasteiger charge is 2.22. The molecule has 0 saturated carbocycles. The molecule has 0 aliphatic carbocycles. The molecule has 0 unspecified atom stereocenters. The van der Waals surface area contributed by atoms with Crippen molar-refractivity contribution < 1.29 is 13.2 Å². The molecule has 1 aliphatic rings. The van der Waals surface area contributed by atoms with Gasteiger partial charge in [0.1, 0.15) is 0 Å². The Kier molecular flexibility index (Phi) is 7.28. The highest BCUT2D eigenvalue weighted by atomic mass is 32.2. The fourth-order valence-electron chi connectivity index (χ4n) is 3.54. The maximum absolute atomic E-state index is 13.0. The minimum atomic E-state index is -3.71. The van der Waals surface area contributed by atoms with Gasteiger partial charge in [0.05, 0.1) is 17.1 Å². The van der Waals surface area contributed by atoms with Crippen LogP contribution < -0.4 is 9.62 Å². The molecule has 2 aromatic carbocycles. The summed E-state index contributed by atoms with van der Waals surface area (Å²) in [5.41, 5.74) is 1.07. The van der Waals surface area contributed by atoms with Gasteiger partial charge in [-0.25, -0.2) is 8.42 Å². The molecular weight excluding hydrogens is 386 g/mol. The van der Waals surface area contributed by atoms with Crippen LogP contribution in [0, 0.1) is 0 Å². The third kappa shape index (κ3) is 5.81. The number of hydrogen-bond donors (Lipinski definition) is 1. The number of nitrogens with one attached hydrogen (secondary N) is 1. The maximum atomic E-state index is 13.0. The Labute approximate surface area is 173 Å². The molecule has 7 heteroatoms. The largest absolute Gasteiger partial charge is 0.325 e. The van der Waals surface area contributed by atoms with Gasteiger partial charge < -0.3 is 5.32 Å². The monoisotopic (exact) mass is 415 g/mol. The van der Waals surface area contributed by atoms with Crippen molar-refractivity contribution in [2.45, 2.75) is 37.0 Å². The number of rotatable bonds is 6. The van der Waals surface area contributed by atoms with Crippen molar-refractivity contribution in [2.75, 3.05) is 36.3 Å². The van der Waals surface area contributed by atoms with Crippen LogP contribution in [-0.4, -0.2) is 45.9 Å². The zero-order chi connectivity index (χ0) is 20.7. The first-order chi connectivity index (χ1) is 14.0. The first kappa shape index (κ1) is 21.3. The molecule has 3 rings (SSSR count). The Balaban J connectivity index is 1.68. The quantitative estimate of drug-likeness (QED) is 0.781. The summed E-state index contributed by atoms with van der Waals surface area (Å²) in [5, 5.41) is 2.85. The topological polar surface area (TPSA) is 69.7 Å². The Morgan fingerprint density at radius 2 is 1.62 bits per heavy atom. The molecule has 2 aromatic rings. The molecule has 1 aliphatic heterocycles. The lowest BCUT2D eigenvalue weighted by atomic mass is 10.1. The number of para-hydroxylation sites is 1. The van der Waals surface area contributed by atoms with E-state index in [2.05, 4.69) is 10.2 Å². The van der Waals surface area contributed by atoms with Gasteiger partial charge in [-0.3, -0.25) is 14.0 Å². The highest BCUT2D eigenvalue weighted by molar-refractivity contribution is 7.92. The Bertz CT molecular complexity index is 908. The average molecular weight is 416 g/mol. The van der Waals surface area contributed by atoms with E-state index >= 15 is 0 Å². The predicted molar refractivity (Wildman–Crippen MR) is 117 cm³/mol. The molecule has 1 saturated heterocycles. The second kappa shape index (κ2) is 9.89. The summed E-state index contributed by atoms with van der Waals surface area (Å²) >= 11 is 0. The van der Waals surface area contributed by atoms with Crippen LogP contribution in [0.4, 0.5) is 11.4 Å². The van der Waals surface area contributed by atoms with Crippen LogP contribution in [-0.2, 0) is 14.8 Å². The summed E-state index contributed by atoms with van der Waals surface area (Å²) in [4.78, 5) is 14.8. The molecule has 1 amide bonds. The molecule has 0 atom stereocenters. The van der Waals surface area contributed by atoms with E-state index in [1.807, 2.05) is 6.07 Å². The van der Waals surface area contributed by atoms with Crippen LogP contribution >= 0.6 is 0 Å². The average Bonchev–Trinajstić information content (AvgIpc) is 2.70. The summed E-state index contributed by atoms with van der Waals surface area (Å²) < 4.78 is 27.2. The number of nitrogens with zero attached hydrogens (tertiary/aromatic N) is 2. The second-order valence-corrected chi connectivity index (χ2v) is 9.40. The molecular formula is C22H29N3O3S. The molecule has 0 aromatic heterocycles. The molecule has 6 nitrogen and oxygen atoms in total. The van der Waals surface area contributed by atoms with Crippen molar-refractivity contribution in [3.05, 3.63) is 54.6 Å². The predicted octanol–water partition coefficient (Wildman–Crippen LogP) is 3.72. The standard InChI is InChI=1S/C22H29N3O3S/c1-24(20-12-6-5-7-13-20)29(27,28)21-14-10-11-19(17-21)23-22(26)18-25-15-8-3-2-4-9-16-25/h5-7,10-14,17H,2-4,8-9,15-16,18H2,1H3,(H,23,26). The summed E-state index contributed by atoms with van der Waals surface area (Å²) in [6.45, 7) is 2.20. The van der Waals surface area contributed by atoms with Crippen LogP contribution in [0.5, 0.6) is 0 Å². The van der Waals surface area contributed by atoms with E-state index in [0.717, 1.165) is 25.9 Å². The third-order valence-electron chi connectivity index (χ3n) is 5.21. The van der Waals surface area contributed by atoms with Gasteiger partial charge in [0.15, 0.2) is 0 Å². The van der Waals surface area contributed by atoms with Crippen LogP contribution in [0.2, 0.25) is 0 Å². The van der Waals surface area contributed by atoms with Gasteiger partial charge in [0.2, 0.25) is 5.91 Å². The smallest absolute Gasteiger partial charge is 0.264 e. The Hall–Kier alpha value is -2.38. The van der Waals surface area contributed by atoms with E-state index in [1.165, 1.54) is 36.7 Å². The van der Waals surface area contributed by atoms with Crippen LogP contribution in [0.25, 0.3) is 0 Å². The molecule has 1 N–H and O–H groups in total. The normalized spacial score (nSPS) is 15.9. The SMILES string of the molecule is CN(c1ccccc1)S(=O)(=O)c1cccc(NC(=O)CN2CCCCCCC2)c1. The number of anilines is 2. The maximum Gasteiger partial charge on any atom is 0.264 e. The Morgan fingerprint density at radius 1 is 0.966 bits per heavy atom. The molecule has 0 bridgehead atoms. The first-order valence-corrected chi connectivity index (χ1v) is 11.6. The number of carbonyl (C=O) groups is 1. The van der Waals surface area contributed by atoms with Gasteiger partial charge in [-0.1, -0.05) is 43.5 Å². The minimum absolute atomic E-state index is 0.114. The van der Waals surface area contributed by atoms with Crippen molar-refractivity contribution in [3.8, 4) is 0 Å². The molecule has 0 spiro atoms. The van der Waals surface area contributed by atoms with Crippen LogP contribution in [0.3, 0.4) is 0 Å². The summed E-state index contributed by atoms with van der Waals surface area (Å²) in [6, 6.07) is 15.3. The van der Waals surface area contributed by atoms with E-state index in [-0.39, 0.29) is 10.8 Å². The van der Waals surface area contributed by atoms with Gasteiger partial charge in [-0.05, 0) is 56.3 Å². The summed E-state index contributed by atoms with van der Waals surface area (Å²) in [5.74, 6) is -0.114. The summed E-state index contributed by atoms with van der Waals surface area (Å²) in [6.07, 6.45) is 5.94. The van der Waals surface area contributed by atoms with Crippen molar-refractivity contribution in [2.24, 2.45) is 0 Å². The van der Waals surface area contributed by atoms with Crippen LogP contribution in [0.1, 0.15) is 32.1 Å². The molecule has 29 heavy (non-hydrogen) atoms. The van der Waals surface area contributed by atoms with Crippen molar-refractivity contribution >= 4 is 27.3 Å². The number of sulfonamides is 1.